The molecular weight excluding hydrogens is 196 g/mol. The molecule has 0 atom stereocenters. The Morgan fingerprint density at radius 1 is 1.43 bits per heavy atom. The normalized spacial score (nSPS) is 10.2. The molecule has 14 heavy (non-hydrogen) atoms. The highest BCUT2D eigenvalue weighted by molar-refractivity contribution is 6.33. The van der Waals surface area contributed by atoms with Crippen LogP contribution in [-0.4, -0.2) is 6.54 Å². The van der Waals surface area contributed by atoms with Gasteiger partial charge in [-0.05, 0) is 31.0 Å². The lowest BCUT2D eigenvalue weighted by Gasteiger charge is -2.10. The van der Waals surface area contributed by atoms with Gasteiger partial charge in [0.1, 0.15) is 0 Å². The third kappa shape index (κ3) is 2.81. The summed E-state index contributed by atoms with van der Waals surface area (Å²) in [4.78, 5) is 0. The lowest BCUT2D eigenvalue weighted by molar-refractivity contribution is 0.834. The van der Waals surface area contributed by atoms with Crippen LogP contribution in [0.15, 0.2) is 12.1 Å². The Bertz CT molecular complexity index is 310. The number of aryl methyl sites for hydroxylation is 1. The second kappa shape index (κ2) is 5.11. The van der Waals surface area contributed by atoms with E-state index in [1.165, 1.54) is 12.8 Å². The van der Waals surface area contributed by atoms with Crippen molar-refractivity contribution in [3.8, 4) is 0 Å². The maximum absolute atomic E-state index is 5.93. The second-order valence-electron chi connectivity index (χ2n) is 3.47. The highest BCUT2D eigenvalue weighted by atomic mass is 35.5. The summed E-state index contributed by atoms with van der Waals surface area (Å²) in [6.07, 6.45) is 2.36. The predicted molar refractivity (Wildman–Crippen MR) is 64.0 cm³/mol. The Balaban J connectivity index is 2.72. The Morgan fingerprint density at radius 3 is 2.79 bits per heavy atom. The molecule has 3 heteroatoms. The van der Waals surface area contributed by atoms with Crippen molar-refractivity contribution in [3.05, 3.63) is 22.7 Å². The first kappa shape index (κ1) is 11.2. The Labute approximate surface area is 90.4 Å². The van der Waals surface area contributed by atoms with E-state index in [0.717, 1.165) is 17.8 Å². The van der Waals surface area contributed by atoms with Gasteiger partial charge in [0.25, 0.3) is 0 Å². The number of hydrogen-bond acceptors (Lipinski definition) is 2. The molecule has 0 aliphatic carbocycles. The van der Waals surface area contributed by atoms with Gasteiger partial charge in [-0.2, -0.15) is 0 Å². The van der Waals surface area contributed by atoms with Crippen LogP contribution in [-0.2, 0) is 0 Å². The quantitative estimate of drug-likeness (QED) is 0.593. The average Bonchev–Trinajstić information content (AvgIpc) is 2.14. The summed E-state index contributed by atoms with van der Waals surface area (Å²) in [7, 11) is 0. The van der Waals surface area contributed by atoms with Gasteiger partial charge in [-0.25, -0.2) is 0 Å². The van der Waals surface area contributed by atoms with E-state index in [4.69, 9.17) is 17.3 Å². The molecule has 0 aliphatic heterocycles. The van der Waals surface area contributed by atoms with Gasteiger partial charge >= 0.3 is 0 Å². The average molecular weight is 213 g/mol. The van der Waals surface area contributed by atoms with E-state index >= 15 is 0 Å². The Hall–Kier alpha value is -0.890. The summed E-state index contributed by atoms with van der Waals surface area (Å²) < 4.78 is 0. The molecule has 0 aromatic heterocycles. The number of unbranched alkanes of at least 4 members (excludes halogenated alkanes) is 1. The van der Waals surface area contributed by atoms with Gasteiger partial charge in [-0.15, -0.1) is 0 Å². The number of nitrogen functional groups attached to an aromatic ring is 1. The van der Waals surface area contributed by atoms with Gasteiger partial charge in [0.15, 0.2) is 0 Å². The third-order valence-corrected chi connectivity index (χ3v) is 2.52. The maximum Gasteiger partial charge on any atom is 0.0656 e. The number of nitrogens with one attached hydrogen (secondary N) is 1. The van der Waals surface area contributed by atoms with Crippen LogP contribution in [0, 0.1) is 6.92 Å². The fourth-order valence-electron chi connectivity index (χ4n) is 1.29. The van der Waals surface area contributed by atoms with E-state index in [9.17, 15) is 0 Å². The molecule has 0 saturated carbocycles. The monoisotopic (exact) mass is 212 g/mol. The summed E-state index contributed by atoms with van der Waals surface area (Å²) in [6.45, 7) is 5.18. The van der Waals surface area contributed by atoms with Crippen LogP contribution >= 0.6 is 11.6 Å². The molecule has 78 valence electrons. The molecule has 0 unspecified atom stereocenters. The van der Waals surface area contributed by atoms with Crippen molar-refractivity contribution in [2.45, 2.75) is 26.7 Å². The SMILES string of the molecule is CCCCNc1cc(Cl)c(N)cc1C. The van der Waals surface area contributed by atoms with E-state index in [-0.39, 0.29) is 0 Å². The summed E-state index contributed by atoms with van der Waals surface area (Å²) >= 11 is 5.93. The van der Waals surface area contributed by atoms with Gasteiger partial charge in [0.2, 0.25) is 0 Å². The topological polar surface area (TPSA) is 38.0 Å². The first-order valence-electron chi connectivity index (χ1n) is 4.94. The van der Waals surface area contributed by atoms with Crippen molar-refractivity contribution in [3.63, 3.8) is 0 Å². The molecule has 0 aliphatic rings. The van der Waals surface area contributed by atoms with Crippen molar-refractivity contribution in [1.29, 1.82) is 0 Å². The van der Waals surface area contributed by atoms with Gasteiger partial charge in [-0.1, -0.05) is 24.9 Å². The number of nitrogens with two attached hydrogens (primary N) is 1. The fourth-order valence-corrected chi connectivity index (χ4v) is 1.46. The van der Waals surface area contributed by atoms with E-state index in [1.807, 2.05) is 19.1 Å². The Kier molecular flexibility index (Phi) is 4.08. The first-order chi connectivity index (χ1) is 6.65. The van der Waals surface area contributed by atoms with Crippen LogP contribution < -0.4 is 11.1 Å². The predicted octanol–water partition coefficient (Wildman–Crippen LogP) is 3.44. The van der Waals surface area contributed by atoms with Crippen LogP contribution in [0.4, 0.5) is 11.4 Å². The van der Waals surface area contributed by atoms with Gasteiger partial charge in [-0.3, -0.25) is 0 Å². The fraction of sp³-hybridized carbons (Fsp3) is 0.455. The summed E-state index contributed by atoms with van der Waals surface area (Å²) in [5.74, 6) is 0. The molecule has 1 aromatic rings. The van der Waals surface area contributed by atoms with Crippen molar-refractivity contribution in [2.75, 3.05) is 17.6 Å². The highest BCUT2D eigenvalue weighted by Crippen LogP contribution is 2.26. The molecule has 0 heterocycles. The second-order valence-corrected chi connectivity index (χ2v) is 3.88. The minimum absolute atomic E-state index is 0.620. The molecular formula is C11H17ClN2. The maximum atomic E-state index is 5.93. The van der Waals surface area contributed by atoms with Crippen LogP contribution in [0.3, 0.4) is 0 Å². The van der Waals surface area contributed by atoms with Crippen molar-refractivity contribution in [2.24, 2.45) is 0 Å². The largest absolute Gasteiger partial charge is 0.398 e. The lowest BCUT2D eigenvalue weighted by atomic mass is 10.1. The van der Waals surface area contributed by atoms with Gasteiger partial charge in [0, 0.05) is 12.2 Å². The van der Waals surface area contributed by atoms with Crippen LogP contribution in [0.2, 0.25) is 5.02 Å². The smallest absolute Gasteiger partial charge is 0.0656 e. The zero-order valence-corrected chi connectivity index (χ0v) is 9.49. The zero-order valence-electron chi connectivity index (χ0n) is 8.73. The lowest BCUT2D eigenvalue weighted by Crippen LogP contribution is -2.03. The number of rotatable bonds is 4. The van der Waals surface area contributed by atoms with Crippen molar-refractivity contribution in [1.82, 2.24) is 0 Å². The minimum atomic E-state index is 0.620. The van der Waals surface area contributed by atoms with Gasteiger partial charge < -0.3 is 11.1 Å². The number of hydrogen-bond donors (Lipinski definition) is 2. The van der Waals surface area contributed by atoms with Gasteiger partial charge in [0.05, 0.1) is 10.7 Å². The molecule has 0 spiro atoms. The highest BCUT2D eigenvalue weighted by Gasteiger charge is 2.02. The minimum Gasteiger partial charge on any atom is -0.398 e. The van der Waals surface area contributed by atoms with E-state index in [1.54, 1.807) is 0 Å². The molecule has 1 aromatic carbocycles. The number of anilines is 2. The molecule has 0 bridgehead atoms. The summed E-state index contributed by atoms with van der Waals surface area (Å²) in [6, 6.07) is 3.79. The standard InChI is InChI=1S/C11H17ClN2/c1-3-4-5-14-11-7-9(12)10(13)6-8(11)2/h6-7,14H,3-5,13H2,1-2H3. The molecule has 0 radical (unpaired) electrons. The summed E-state index contributed by atoms with van der Waals surface area (Å²) in [5, 5.41) is 3.96. The van der Waals surface area contributed by atoms with E-state index in [0.29, 0.717) is 10.7 Å². The van der Waals surface area contributed by atoms with Crippen molar-refractivity contribution < 1.29 is 0 Å². The number of benzene rings is 1. The van der Waals surface area contributed by atoms with Crippen LogP contribution in [0.25, 0.3) is 0 Å². The zero-order chi connectivity index (χ0) is 10.6. The van der Waals surface area contributed by atoms with Crippen LogP contribution in [0.1, 0.15) is 25.3 Å². The first-order valence-corrected chi connectivity index (χ1v) is 5.32. The van der Waals surface area contributed by atoms with E-state index in [2.05, 4.69) is 12.2 Å². The van der Waals surface area contributed by atoms with Crippen molar-refractivity contribution >= 4 is 23.0 Å². The van der Waals surface area contributed by atoms with E-state index < -0.39 is 0 Å². The Morgan fingerprint density at radius 2 is 2.14 bits per heavy atom. The molecule has 0 fully saturated rings. The number of halogens is 1. The van der Waals surface area contributed by atoms with Crippen LogP contribution in [0.5, 0.6) is 0 Å². The molecule has 0 saturated heterocycles. The molecule has 3 N–H and O–H groups in total. The third-order valence-electron chi connectivity index (χ3n) is 2.19. The molecule has 1 rings (SSSR count). The molecule has 0 amide bonds. The molecule has 2 nitrogen and oxygen atoms in total. The summed E-state index contributed by atoms with van der Waals surface area (Å²) in [5.41, 5.74) is 8.55.